The summed E-state index contributed by atoms with van der Waals surface area (Å²) in [5, 5.41) is 12.4. The lowest BCUT2D eigenvalue weighted by molar-refractivity contribution is -0.143. The molecule has 1 saturated heterocycles. The monoisotopic (exact) mass is 374 g/mol. The van der Waals surface area contributed by atoms with Crippen LogP contribution in [-0.2, 0) is 4.79 Å². The summed E-state index contributed by atoms with van der Waals surface area (Å²) >= 11 is 9.26. The molecule has 0 saturated carbocycles. The largest absolute Gasteiger partial charge is 0.481 e. The van der Waals surface area contributed by atoms with Crippen molar-refractivity contribution in [2.45, 2.75) is 13.3 Å². The third-order valence-corrected chi connectivity index (χ3v) is 4.70. The predicted octanol–water partition coefficient (Wildman–Crippen LogP) is 3.68. The molecule has 1 aromatic rings. The molecule has 21 heavy (non-hydrogen) atoms. The molecule has 0 radical (unpaired) electrons. The zero-order valence-corrected chi connectivity index (χ0v) is 13.8. The average Bonchev–Trinajstić information content (AvgIpc) is 2.42. The van der Waals surface area contributed by atoms with Crippen molar-refractivity contribution in [1.82, 2.24) is 4.90 Å². The zero-order valence-electron chi connectivity index (χ0n) is 11.5. The minimum Gasteiger partial charge on any atom is -0.481 e. The Morgan fingerprint density at radius 3 is 2.76 bits per heavy atom. The molecule has 0 spiro atoms. The number of rotatable bonds is 2. The van der Waals surface area contributed by atoms with Gasteiger partial charge in [-0.25, -0.2) is 4.79 Å². The van der Waals surface area contributed by atoms with Crippen LogP contribution in [0.25, 0.3) is 0 Å². The van der Waals surface area contributed by atoms with E-state index in [-0.39, 0.29) is 18.5 Å². The van der Waals surface area contributed by atoms with Gasteiger partial charge in [-0.1, -0.05) is 18.5 Å². The van der Waals surface area contributed by atoms with Gasteiger partial charge in [-0.15, -0.1) is 0 Å². The first kappa shape index (κ1) is 16.1. The number of carboxylic acids is 1. The highest BCUT2D eigenvalue weighted by Gasteiger charge is 2.31. The Morgan fingerprint density at radius 1 is 1.43 bits per heavy atom. The van der Waals surface area contributed by atoms with Gasteiger partial charge in [0.2, 0.25) is 0 Å². The number of piperidine rings is 1. The number of anilines is 1. The molecule has 0 aromatic heterocycles. The number of amides is 2. The maximum Gasteiger partial charge on any atom is 0.321 e. The van der Waals surface area contributed by atoms with Gasteiger partial charge in [-0.3, -0.25) is 4.79 Å². The standard InChI is InChI=1S/C14H16BrClN2O3/c1-8-4-9(13(19)20)7-18(6-8)14(21)17-10-2-3-11(15)12(16)5-10/h2-3,5,8-9H,4,6-7H2,1H3,(H,17,21)(H,19,20). The number of nitrogens with zero attached hydrogens (tertiary/aromatic N) is 1. The third kappa shape index (κ3) is 4.11. The van der Waals surface area contributed by atoms with Crippen LogP contribution >= 0.6 is 27.5 Å². The van der Waals surface area contributed by atoms with Crippen LogP contribution < -0.4 is 5.32 Å². The second kappa shape index (κ2) is 6.66. The molecule has 5 nitrogen and oxygen atoms in total. The van der Waals surface area contributed by atoms with Gasteiger partial charge in [0.15, 0.2) is 0 Å². The van der Waals surface area contributed by atoms with E-state index in [0.29, 0.717) is 23.7 Å². The lowest BCUT2D eigenvalue weighted by Gasteiger charge is -2.34. The number of carbonyl (C=O) groups excluding carboxylic acids is 1. The maximum absolute atomic E-state index is 12.2. The van der Waals surface area contributed by atoms with Crippen molar-refractivity contribution >= 4 is 45.2 Å². The molecule has 1 aliphatic heterocycles. The lowest BCUT2D eigenvalue weighted by Crippen LogP contribution is -2.47. The van der Waals surface area contributed by atoms with Crippen molar-refractivity contribution in [1.29, 1.82) is 0 Å². The van der Waals surface area contributed by atoms with Crippen LogP contribution in [0.1, 0.15) is 13.3 Å². The van der Waals surface area contributed by atoms with E-state index in [1.165, 1.54) is 0 Å². The van der Waals surface area contributed by atoms with Gasteiger partial charge in [-0.05, 0) is 46.5 Å². The Morgan fingerprint density at radius 2 is 2.14 bits per heavy atom. The number of halogens is 2. The molecule has 1 fully saturated rings. The van der Waals surface area contributed by atoms with Crippen molar-refractivity contribution in [2.75, 3.05) is 18.4 Å². The Kier molecular flexibility index (Phi) is 5.11. The number of aliphatic carboxylic acids is 1. The Hall–Kier alpha value is -1.27. The van der Waals surface area contributed by atoms with E-state index in [4.69, 9.17) is 16.7 Å². The number of hydrogen-bond donors (Lipinski definition) is 2. The molecular formula is C14H16BrClN2O3. The number of urea groups is 1. The highest BCUT2D eigenvalue weighted by molar-refractivity contribution is 9.10. The van der Waals surface area contributed by atoms with E-state index in [9.17, 15) is 9.59 Å². The van der Waals surface area contributed by atoms with E-state index in [1.54, 1.807) is 23.1 Å². The van der Waals surface area contributed by atoms with Gasteiger partial charge in [-0.2, -0.15) is 0 Å². The molecule has 1 aliphatic rings. The number of carboxylic acid groups (broad SMARTS) is 1. The van der Waals surface area contributed by atoms with Gasteiger partial charge >= 0.3 is 12.0 Å². The van der Waals surface area contributed by atoms with E-state index < -0.39 is 11.9 Å². The van der Waals surface area contributed by atoms with Crippen LogP contribution in [0.2, 0.25) is 5.02 Å². The van der Waals surface area contributed by atoms with E-state index in [2.05, 4.69) is 21.2 Å². The minimum atomic E-state index is -0.856. The smallest absolute Gasteiger partial charge is 0.321 e. The second-order valence-electron chi connectivity index (χ2n) is 5.34. The molecule has 2 unspecified atom stereocenters. The summed E-state index contributed by atoms with van der Waals surface area (Å²) in [5.41, 5.74) is 0.582. The summed E-state index contributed by atoms with van der Waals surface area (Å²) in [6, 6.07) is 4.82. The van der Waals surface area contributed by atoms with Crippen LogP contribution in [0.15, 0.2) is 22.7 Å². The van der Waals surface area contributed by atoms with E-state index in [1.807, 2.05) is 6.92 Å². The normalized spacial score (nSPS) is 22.0. The van der Waals surface area contributed by atoms with E-state index in [0.717, 1.165) is 4.47 Å². The highest BCUT2D eigenvalue weighted by atomic mass is 79.9. The van der Waals surface area contributed by atoms with Crippen LogP contribution in [-0.4, -0.2) is 35.1 Å². The van der Waals surface area contributed by atoms with Crippen LogP contribution in [0.4, 0.5) is 10.5 Å². The van der Waals surface area contributed by atoms with Gasteiger partial charge < -0.3 is 15.3 Å². The minimum absolute atomic E-state index is 0.166. The van der Waals surface area contributed by atoms with Crippen LogP contribution in [0.5, 0.6) is 0 Å². The Balaban J connectivity index is 2.05. The average molecular weight is 376 g/mol. The SMILES string of the molecule is CC1CC(C(=O)O)CN(C(=O)Nc2ccc(Br)c(Cl)c2)C1. The summed E-state index contributed by atoms with van der Waals surface area (Å²) < 4.78 is 0.750. The molecular weight excluding hydrogens is 360 g/mol. The molecule has 2 atom stereocenters. The molecule has 7 heteroatoms. The first-order chi connectivity index (χ1) is 9.86. The van der Waals surface area contributed by atoms with Crippen LogP contribution in [0.3, 0.4) is 0 Å². The Labute approximate surface area is 136 Å². The van der Waals surface area contributed by atoms with Gasteiger partial charge in [0.05, 0.1) is 10.9 Å². The Bertz CT molecular complexity index is 567. The molecule has 2 N–H and O–H groups in total. The van der Waals surface area contributed by atoms with Crippen molar-refractivity contribution in [2.24, 2.45) is 11.8 Å². The van der Waals surface area contributed by atoms with Gasteiger partial charge in [0.25, 0.3) is 0 Å². The number of hydrogen-bond acceptors (Lipinski definition) is 2. The van der Waals surface area contributed by atoms with Crippen molar-refractivity contribution in [3.05, 3.63) is 27.7 Å². The van der Waals surface area contributed by atoms with Crippen LogP contribution in [0, 0.1) is 11.8 Å². The molecule has 2 rings (SSSR count). The van der Waals surface area contributed by atoms with Gasteiger partial charge in [0, 0.05) is 23.2 Å². The first-order valence-corrected chi connectivity index (χ1v) is 7.77. The quantitative estimate of drug-likeness (QED) is 0.828. The molecule has 2 amide bonds. The number of nitrogens with one attached hydrogen (secondary N) is 1. The summed E-state index contributed by atoms with van der Waals surface area (Å²) in [6.07, 6.45) is 0.600. The topological polar surface area (TPSA) is 69.6 Å². The molecule has 0 bridgehead atoms. The third-order valence-electron chi connectivity index (χ3n) is 3.47. The molecule has 114 valence electrons. The lowest BCUT2D eigenvalue weighted by atomic mass is 9.91. The highest BCUT2D eigenvalue weighted by Crippen LogP contribution is 2.26. The van der Waals surface area contributed by atoms with Gasteiger partial charge in [0.1, 0.15) is 0 Å². The van der Waals surface area contributed by atoms with Crippen molar-refractivity contribution in [3.63, 3.8) is 0 Å². The predicted molar refractivity (Wildman–Crippen MR) is 84.7 cm³/mol. The fourth-order valence-electron chi connectivity index (χ4n) is 2.47. The summed E-state index contributed by atoms with van der Waals surface area (Å²) in [4.78, 5) is 24.9. The number of carbonyl (C=O) groups is 2. The maximum atomic E-state index is 12.2. The summed E-state index contributed by atoms with van der Waals surface area (Å²) in [5.74, 6) is -1.20. The molecule has 1 heterocycles. The van der Waals surface area contributed by atoms with Crippen molar-refractivity contribution < 1.29 is 14.7 Å². The van der Waals surface area contributed by atoms with E-state index >= 15 is 0 Å². The first-order valence-electron chi connectivity index (χ1n) is 6.60. The fraction of sp³-hybridized carbons (Fsp3) is 0.429. The fourth-order valence-corrected chi connectivity index (χ4v) is 2.90. The van der Waals surface area contributed by atoms with Crippen molar-refractivity contribution in [3.8, 4) is 0 Å². The molecule has 1 aromatic carbocycles. The second-order valence-corrected chi connectivity index (χ2v) is 6.60. The zero-order chi connectivity index (χ0) is 15.6. The summed E-state index contributed by atoms with van der Waals surface area (Å²) in [6.45, 7) is 2.74. The number of likely N-dealkylation sites (tertiary alicyclic amines) is 1. The summed E-state index contributed by atoms with van der Waals surface area (Å²) in [7, 11) is 0. The number of benzene rings is 1. The molecule has 0 aliphatic carbocycles.